The zero-order chi connectivity index (χ0) is 13.4. The molecular formula is C13H17N5O. The van der Waals surface area contributed by atoms with Gasteiger partial charge in [-0.2, -0.15) is 14.6 Å². The van der Waals surface area contributed by atoms with E-state index in [1.54, 1.807) is 4.52 Å². The minimum Gasteiger partial charge on any atom is -0.377 e. The highest BCUT2D eigenvalue weighted by atomic mass is 16.5. The molecule has 0 spiro atoms. The third-order valence-electron chi connectivity index (χ3n) is 3.29. The third kappa shape index (κ3) is 2.08. The monoisotopic (exact) mass is 259 g/mol. The van der Waals surface area contributed by atoms with Crippen molar-refractivity contribution in [1.29, 1.82) is 0 Å². The molecule has 0 atom stereocenters. The van der Waals surface area contributed by atoms with Gasteiger partial charge in [-0.25, -0.2) is 4.98 Å². The van der Waals surface area contributed by atoms with Gasteiger partial charge in [0.1, 0.15) is 0 Å². The van der Waals surface area contributed by atoms with Gasteiger partial charge in [0.15, 0.2) is 11.5 Å². The molecule has 6 nitrogen and oxygen atoms in total. The van der Waals surface area contributed by atoms with Crippen LogP contribution in [0.15, 0.2) is 12.3 Å². The van der Waals surface area contributed by atoms with Crippen molar-refractivity contribution in [2.75, 3.05) is 18.9 Å². The Morgan fingerprint density at radius 3 is 2.89 bits per heavy atom. The standard InChI is InChI=1S/C13H17N5O/c1-8(2)10-7-15-18-12(10)16-11(17-13(18)14)9-3-5-19-6-4-9/h3,7-8H,4-6H2,1-2H3,(H2,14,16,17). The van der Waals surface area contributed by atoms with Gasteiger partial charge in [0.2, 0.25) is 5.95 Å². The largest absolute Gasteiger partial charge is 0.377 e. The van der Waals surface area contributed by atoms with Gasteiger partial charge in [-0.3, -0.25) is 0 Å². The smallest absolute Gasteiger partial charge is 0.225 e. The zero-order valence-electron chi connectivity index (χ0n) is 11.1. The molecule has 0 aliphatic carbocycles. The predicted molar refractivity (Wildman–Crippen MR) is 72.7 cm³/mol. The summed E-state index contributed by atoms with van der Waals surface area (Å²) < 4.78 is 6.90. The Balaban J connectivity index is 2.16. The summed E-state index contributed by atoms with van der Waals surface area (Å²) in [6.45, 7) is 5.54. The fraction of sp³-hybridized carbons (Fsp3) is 0.462. The number of anilines is 1. The molecule has 0 saturated carbocycles. The van der Waals surface area contributed by atoms with E-state index in [1.165, 1.54) is 0 Å². The Labute approximate surface area is 111 Å². The van der Waals surface area contributed by atoms with Crippen LogP contribution in [0.25, 0.3) is 11.2 Å². The Morgan fingerprint density at radius 1 is 1.37 bits per heavy atom. The summed E-state index contributed by atoms with van der Waals surface area (Å²) in [7, 11) is 0. The van der Waals surface area contributed by atoms with Gasteiger partial charge in [-0.05, 0) is 17.9 Å². The summed E-state index contributed by atoms with van der Waals surface area (Å²) in [6, 6.07) is 0. The molecule has 3 rings (SSSR count). The van der Waals surface area contributed by atoms with Crippen LogP contribution >= 0.6 is 0 Å². The first-order valence-electron chi connectivity index (χ1n) is 6.45. The summed E-state index contributed by atoms with van der Waals surface area (Å²) in [5, 5.41) is 4.25. The van der Waals surface area contributed by atoms with Crippen LogP contribution in [0.4, 0.5) is 5.95 Å². The summed E-state index contributed by atoms with van der Waals surface area (Å²) >= 11 is 0. The number of rotatable bonds is 2. The molecule has 0 unspecified atom stereocenters. The van der Waals surface area contributed by atoms with Crippen molar-refractivity contribution in [2.24, 2.45) is 0 Å². The van der Waals surface area contributed by atoms with E-state index in [9.17, 15) is 0 Å². The molecule has 1 aliphatic rings. The second kappa shape index (κ2) is 4.62. The predicted octanol–water partition coefficient (Wildman–Crippen LogP) is 1.63. The topological polar surface area (TPSA) is 78.3 Å². The van der Waals surface area contributed by atoms with E-state index in [0.29, 0.717) is 30.9 Å². The normalized spacial score (nSPS) is 16.1. The van der Waals surface area contributed by atoms with E-state index >= 15 is 0 Å². The van der Waals surface area contributed by atoms with Crippen LogP contribution in [-0.4, -0.2) is 32.8 Å². The number of hydrogen-bond acceptors (Lipinski definition) is 5. The summed E-state index contributed by atoms with van der Waals surface area (Å²) in [4.78, 5) is 8.97. The van der Waals surface area contributed by atoms with Crippen LogP contribution in [0.1, 0.15) is 37.6 Å². The van der Waals surface area contributed by atoms with Gasteiger partial charge in [0.05, 0.1) is 19.4 Å². The Bertz CT molecular complexity index is 644. The molecule has 0 amide bonds. The van der Waals surface area contributed by atoms with Crippen LogP contribution < -0.4 is 5.73 Å². The SMILES string of the molecule is CC(C)c1cnn2c(N)nc(C3=CCOCC3)nc12. The van der Waals surface area contributed by atoms with Gasteiger partial charge in [0.25, 0.3) is 0 Å². The van der Waals surface area contributed by atoms with Gasteiger partial charge in [-0.1, -0.05) is 19.9 Å². The van der Waals surface area contributed by atoms with Crippen molar-refractivity contribution in [1.82, 2.24) is 19.6 Å². The van der Waals surface area contributed by atoms with Crippen molar-refractivity contribution >= 4 is 17.2 Å². The van der Waals surface area contributed by atoms with Crippen LogP contribution in [-0.2, 0) is 4.74 Å². The van der Waals surface area contributed by atoms with Crippen LogP contribution in [0.2, 0.25) is 0 Å². The number of nitrogens with two attached hydrogens (primary N) is 1. The molecule has 0 fully saturated rings. The van der Waals surface area contributed by atoms with Crippen molar-refractivity contribution < 1.29 is 4.74 Å². The highest BCUT2D eigenvalue weighted by Gasteiger charge is 2.16. The maximum Gasteiger partial charge on any atom is 0.225 e. The second-order valence-electron chi connectivity index (χ2n) is 4.95. The van der Waals surface area contributed by atoms with Crippen LogP contribution in [0.5, 0.6) is 0 Å². The molecule has 0 saturated heterocycles. The number of aromatic nitrogens is 4. The van der Waals surface area contributed by atoms with Crippen LogP contribution in [0, 0.1) is 0 Å². The van der Waals surface area contributed by atoms with Gasteiger partial charge in [-0.15, -0.1) is 0 Å². The maximum absolute atomic E-state index is 5.97. The molecule has 2 aromatic heterocycles. The van der Waals surface area contributed by atoms with E-state index in [4.69, 9.17) is 10.5 Å². The lowest BCUT2D eigenvalue weighted by atomic mass is 10.1. The molecule has 2 N–H and O–H groups in total. The average Bonchev–Trinajstić information content (AvgIpc) is 2.84. The van der Waals surface area contributed by atoms with E-state index in [0.717, 1.165) is 23.2 Å². The number of ether oxygens (including phenoxy) is 1. The molecular weight excluding hydrogens is 242 g/mol. The molecule has 2 aromatic rings. The van der Waals surface area contributed by atoms with Crippen molar-refractivity contribution in [3.8, 4) is 0 Å². The number of hydrogen-bond donors (Lipinski definition) is 1. The summed E-state index contributed by atoms with van der Waals surface area (Å²) in [5.41, 5.74) is 8.94. The summed E-state index contributed by atoms with van der Waals surface area (Å²) in [5.74, 6) is 1.42. The van der Waals surface area contributed by atoms with Gasteiger partial charge >= 0.3 is 0 Å². The van der Waals surface area contributed by atoms with Crippen molar-refractivity contribution in [3.63, 3.8) is 0 Å². The van der Waals surface area contributed by atoms with E-state index in [1.807, 2.05) is 12.3 Å². The first-order valence-corrected chi connectivity index (χ1v) is 6.45. The Morgan fingerprint density at radius 2 is 2.21 bits per heavy atom. The lowest BCUT2D eigenvalue weighted by Gasteiger charge is -2.13. The first kappa shape index (κ1) is 12.1. The number of nitrogen functional groups attached to an aromatic ring is 1. The molecule has 19 heavy (non-hydrogen) atoms. The van der Waals surface area contributed by atoms with E-state index < -0.39 is 0 Å². The Kier molecular flexibility index (Phi) is 2.94. The van der Waals surface area contributed by atoms with E-state index in [2.05, 4.69) is 28.9 Å². The van der Waals surface area contributed by atoms with Gasteiger partial charge in [0, 0.05) is 5.56 Å². The van der Waals surface area contributed by atoms with Gasteiger partial charge < -0.3 is 10.5 Å². The molecule has 6 heteroatoms. The summed E-state index contributed by atoms with van der Waals surface area (Å²) in [6.07, 6.45) is 4.65. The lowest BCUT2D eigenvalue weighted by molar-refractivity contribution is 0.161. The molecule has 0 bridgehead atoms. The highest BCUT2D eigenvalue weighted by molar-refractivity contribution is 5.64. The van der Waals surface area contributed by atoms with Crippen molar-refractivity contribution in [2.45, 2.75) is 26.2 Å². The zero-order valence-corrected chi connectivity index (χ0v) is 11.1. The quantitative estimate of drug-likeness (QED) is 0.886. The highest BCUT2D eigenvalue weighted by Crippen LogP contribution is 2.23. The number of fused-ring (bicyclic) bond motifs is 1. The second-order valence-corrected chi connectivity index (χ2v) is 4.95. The lowest BCUT2D eigenvalue weighted by Crippen LogP contribution is -2.11. The molecule has 0 radical (unpaired) electrons. The first-order chi connectivity index (χ1) is 9.16. The van der Waals surface area contributed by atoms with Crippen LogP contribution in [0.3, 0.4) is 0 Å². The average molecular weight is 259 g/mol. The Hall–Kier alpha value is -1.95. The van der Waals surface area contributed by atoms with E-state index in [-0.39, 0.29) is 0 Å². The number of nitrogens with zero attached hydrogens (tertiary/aromatic N) is 4. The minimum atomic E-state index is 0.350. The fourth-order valence-electron chi connectivity index (χ4n) is 2.20. The molecule has 100 valence electrons. The molecule has 3 heterocycles. The molecule has 0 aromatic carbocycles. The third-order valence-corrected chi connectivity index (χ3v) is 3.29. The maximum atomic E-state index is 5.97. The molecule has 1 aliphatic heterocycles. The van der Waals surface area contributed by atoms with Crippen molar-refractivity contribution in [3.05, 3.63) is 23.7 Å². The minimum absolute atomic E-state index is 0.350. The fourth-order valence-corrected chi connectivity index (χ4v) is 2.20.